The number of nitrogens with zero attached hydrogens (tertiary/aromatic N) is 2. The van der Waals surface area contributed by atoms with E-state index in [0.717, 1.165) is 22.4 Å². The zero-order valence-corrected chi connectivity index (χ0v) is 15.5. The van der Waals surface area contributed by atoms with Crippen LogP contribution in [0.3, 0.4) is 0 Å². The normalized spacial score (nSPS) is 10.1. The number of hydroxylamine groups is 1. The molecule has 0 radical (unpaired) electrons. The van der Waals surface area contributed by atoms with Gasteiger partial charge in [0.1, 0.15) is 6.61 Å². The lowest BCUT2D eigenvalue weighted by Gasteiger charge is -2.13. The van der Waals surface area contributed by atoms with Crippen molar-refractivity contribution in [3.8, 4) is 6.07 Å². The van der Waals surface area contributed by atoms with Crippen molar-refractivity contribution in [2.24, 2.45) is 0 Å². The number of benzene rings is 2. The summed E-state index contributed by atoms with van der Waals surface area (Å²) in [6, 6.07) is 18.5. The van der Waals surface area contributed by atoms with E-state index in [1.54, 1.807) is 36.7 Å². The zero-order chi connectivity index (χ0) is 19.8. The van der Waals surface area contributed by atoms with Gasteiger partial charge >= 0.3 is 0 Å². The Morgan fingerprint density at radius 3 is 2.68 bits per heavy atom. The van der Waals surface area contributed by atoms with Crippen LogP contribution in [0, 0.1) is 18.3 Å². The minimum Gasteiger partial charge on any atom is -0.380 e. The van der Waals surface area contributed by atoms with Gasteiger partial charge in [-0.05, 0) is 60.0 Å². The largest absolute Gasteiger partial charge is 0.380 e. The standard InChI is InChI=1S/C22H20N4O2/c1-16-12-18(13-23)6-7-19(16)15-28-26-22(27)20-4-2-3-5-21(20)25-14-17-8-10-24-11-9-17/h2-12,25H,14-15H2,1H3,(H,26,27). The number of pyridine rings is 1. The van der Waals surface area contributed by atoms with Gasteiger partial charge < -0.3 is 5.32 Å². The number of anilines is 1. The highest BCUT2D eigenvalue weighted by Crippen LogP contribution is 2.16. The van der Waals surface area contributed by atoms with Gasteiger partial charge in [-0.3, -0.25) is 14.6 Å². The van der Waals surface area contributed by atoms with Crippen molar-refractivity contribution in [1.29, 1.82) is 5.26 Å². The molecule has 2 N–H and O–H groups in total. The molecule has 0 aliphatic rings. The quantitative estimate of drug-likeness (QED) is 0.617. The van der Waals surface area contributed by atoms with Gasteiger partial charge in [0.2, 0.25) is 0 Å². The Hall–Kier alpha value is -3.69. The van der Waals surface area contributed by atoms with Crippen LogP contribution in [0.15, 0.2) is 67.0 Å². The van der Waals surface area contributed by atoms with Crippen LogP contribution in [0.5, 0.6) is 0 Å². The van der Waals surface area contributed by atoms with Crippen LogP contribution in [-0.2, 0) is 18.0 Å². The van der Waals surface area contributed by atoms with Gasteiger partial charge in [0.25, 0.3) is 5.91 Å². The maximum Gasteiger partial charge on any atom is 0.276 e. The Morgan fingerprint density at radius 1 is 1.14 bits per heavy atom. The summed E-state index contributed by atoms with van der Waals surface area (Å²) in [5, 5.41) is 12.2. The fraction of sp³-hybridized carbons (Fsp3) is 0.136. The number of amides is 1. The van der Waals surface area contributed by atoms with Crippen molar-refractivity contribution in [3.63, 3.8) is 0 Å². The average molecular weight is 372 g/mol. The molecule has 6 heteroatoms. The first-order chi connectivity index (χ1) is 13.7. The van der Waals surface area contributed by atoms with Crippen LogP contribution < -0.4 is 10.8 Å². The molecule has 3 rings (SSSR count). The third kappa shape index (κ3) is 4.93. The molecule has 0 unspecified atom stereocenters. The smallest absolute Gasteiger partial charge is 0.276 e. The molecule has 0 fully saturated rings. The molecule has 28 heavy (non-hydrogen) atoms. The summed E-state index contributed by atoms with van der Waals surface area (Å²) >= 11 is 0. The monoisotopic (exact) mass is 372 g/mol. The Bertz CT molecular complexity index is 997. The van der Waals surface area contributed by atoms with E-state index in [-0.39, 0.29) is 12.5 Å². The highest BCUT2D eigenvalue weighted by Gasteiger charge is 2.11. The first kappa shape index (κ1) is 19.1. The molecule has 6 nitrogen and oxygen atoms in total. The van der Waals surface area contributed by atoms with Crippen molar-refractivity contribution < 1.29 is 9.63 Å². The van der Waals surface area contributed by atoms with Gasteiger partial charge in [0.15, 0.2) is 0 Å². The molecular formula is C22H20N4O2. The van der Waals surface area contributed by atoms with Crippen LogP contribution in [0.2, 0.25) is 0 Å². The molecule has 0 atom stereocenters. The number of carbonyl (C=O) groups excluding carboxylic acids is 1. The summed E-state index contributed by atoms with van der Waals surface area (Å²) in [6.07, 6.45) is 3.46. The van der Waals surface area contributed by atoms with Gasteiger partial charge in [-0.25, -0.2) is 5.48 Å². The molecule has 0 spiro atoms. The average Bonchev–Trinajstić information content (AvgIpc) is 2.74. The van der Waals surface area contributed by atoms with E-state index in [4.69, 9.17) is 10.1 Å². The number of hydrogen-bond donors (Lipinski definition) is 2. The Balaban J connectivity index is 1.59. The summed E-state index contributed by atoms with van der Waals surface area (Å²) in [5.41, 5.74) is 7.21. The Kier molecular flexibility index (Phi) is 6.34. The van der Waals surface area contributed by atoms with Gasteiger partial charge in [0, 0.05) is 24.6 Å². The lowest BCUT2D eigenvalue weighted by atomic mass is 10.1. The molecule has 140 valence electrons. The van der Waals surface area contributed by atoms with E-state index < -0.39 is 0 Å². The third-order valence-electron chi connectivity index (χ3n) is 4.27. The molecule has 0 aliphatic carbocycles. The number of aromatic nitrogens is 1. The minimum atomic E-state index is -0.330. The summed E-state index contributed by atoms with van der Waals surface area (Å²) in [4.78, 5) is 21.9. The molecule has 0 aliphatic heterocycles. The number of nitriles is 1. The fourth-order valence-corrected chi connectivity index (χ4v) is 2.69. The molecule has 1 aromatic heterocycles. The Labute approximate surface area is 163 Å². The molecule has 2 aromatic carbocycles. The topological polar surface area (TPSA) is 87.0 Å². The summed E-state index contributed by atoms with van der Waals surface area (Å²) < 4.78 is 0. The van der Waals surface area contributed by atoms with E-state index in [1.807, 2.05) is 37.3 Å². The maximum absolute atomic E-state index is 12.5. The number of aryl methyl sites for hydroxylation is 1. The lowest BCUT2D eigenvalue weighted by molar-refractivity contribution is 0.0232. The van der Waals surface area contributed by atoms with E-state index in [0.29, 0.717) is 17.7 Å². The molecule has 3 aromatic rings. The van der Waals surface area contributed by atoms with Crippen molar-refractivity contribution in [2.75, 3.05) is 5.32 Å². The van der Waals surface area contributed by atoms with E-state index in [2.05, 4.69) is 21.9 Å². The molecule has 1 heterocycles. The predicted molar refractivity (Wildman–Crippen MR) is 106 cm³/mol. The fourth-order valence-electron chi connectivity index (χ4n) is 2.69. The highest BCUT2D eigenvalue weighted by molar-refractivity contribution is 5.99. The van der Waals surface area contributed by atoms with Gasteiger partial charge in [0.05, 0.1) is 17.2 Å². The summed E-state index contributed by atoms with van der Waals surface area (Å²) in [5.74, 6) is -0.330. The molecule has 0 bridgehead atoms. The van der Waals surface area contributed by atoms with Crippen LogP contribution in [0.1, 0.15) is 32.6 Å². The third-order valence-corrected chi connectivity index (χ3v) is 4.27. The maximum atomic E-state index is 12.5. The summed E-state index contributed by atoms with van der Waals surface area (Å²) in [7, 11) is 0. The van der Waals surface area contributed by atoms with E-state index >= 15 is 0 Å². The van der Waals surface area contributed by atoms with Crippen molar-refractivity contribution in [1.82, 2.24) is 10.5 Å². The lowest BCUT2D eigenvalue weighted by Crippen LogP contribution is -2.24. The van der Waals surface area contributed by atoms with Crippen molar-refractivity contribution >= 4 is 11.6 Å². The highest BCUT2D eigenvalue weighted by atomic mass is 16.6. The first-order valence-corrected chi connectivity index (χ1v) is 8.81. The van der Waals surface area contributed by atoms with Crippen LogP contribution in [0.25, 0.3) is 0 Å². The first-order valence-electron chi connectivity index (χ1n) is 8.81. The number of carbonyl (C=O) groups is 1. The molecule has 0 saturated carbocycles. The second kappa shape index (κ2) is 9.31. The van der Waals surface area contributed by atoms with Crippen molar-refractivity contribution in [2.45, 2.75) is 20.1 Å². The zero-order valence-electron chi connectivity index (χ0n) is 15.5. The second-order valence-corrected chi connectivity index (χ2v) is 6.23. The molecule has 0 saturated heterocycles. The number of rotatable bonds is 7. The number of nitrogens with one attached hydrogen (secondary N) is 2. The second-order valence-electron chi connectivity index (χ2n) is 6.23. The van der Waals surface area contributed by atoms with E-state index in [9.17, 15) is 4.79 Å². The SMILES string of the molecule is Cc1cc(C#N)ccc1CONC(=O)c1ccccc1NCc1ccncc1. The predicted octanol–water partition coefficient (Wildman–Crippen LogP) is 3.74. The van der Waals surface area contributed by atoms with Crippen LogP contribution in [-0.4, -0.2) is 10.9 Å². The Morgan fingerprint density at radius 2 is 1.93 bits per heavy atom. The minimum absolute atomic E-state index is 0.218. The summed E-state index contributed by atoms with van der Waals surface area (Å²) in [6.45, 7) is 2.70. The van der Waals surface area contributed by atoms with Crippen LogP contribution >= 0.6 is 0 Å². The van der Waals surface area contributed by atoms with Gasteiger partial charge in [-0.2, -0.15) is 5.26 Å². The van der Waals surface area contributed by atoms with E-state index in [1.165, 1.54) is 0 Å². The van der Waals surface area contributed by atoms with Crippen LogP contribution in [0.4, 0.5) is 5.69 Å². The van der Waals surface area contributed by atoms with Crippen molar-refractivity contribution in [3.05, 3.63) is 94.8 Å². The van der Waals surface area contributed by atoms with Gasteiger partial charge in [-0.1, -0.05) is 18.2 Å². The van der Waals surface area contributed by atoms with Gasteiger partial charge in [-0.15, -0.1) is 0 Å². The number of hydrogen-bond acceptors (Lipinski definition) is 5. The number of para-hydroxylation sites is 1. The molecule has 1 amide bonds. The molecular weight excluding hydrogens is 352 g/mol.